The highest BCUT2D eigenvalue weighted by Gasteiger charge is 2.56. The number of aromatic hydroxyl groups is 1. The third kappa shape index (κ3) is 3.70. The number of hydrogen-bond donors (Lipinski definition) is 1. The average Bonchev–Trinajstić information content (AvgIpc) is 2.56. The molecule has 1 aromatic rings. The molecule has 0 radical (unpaired) electrons. The summed E-state index contributed by atoms with van der Waals surface area (Å²) < 4.78 is 0. The Labute approximate surface area is 160 Å². The highest BCUT2D eigenvalue weighted by molar-refractivity contribution is 5.85. The van der Waals surface area contributed by atoms with Crippen molar-refractivity contribution in [3.05, 3.63) is 29.3 Å². The van der Waals surface area contributed by atoms with E-state index in [0.29, 0.717) is 29.3 Å². The molecule has 1 aromatic carbocycles. The van der Waals surface area contributed by atoms with Crippen molar-refractivity contribution < 1.29 is 9.90 Å². The van der Waals surface area contributed by atoms with Crippen molar-refractivity contribution in [3.8, 4) is 5.75 Å². The zero-order valence-electron chi connectivity index (χ0n) is 17.9. The summed E-state index contributed by atoms with van der Waals surface area (Å²) in [5.74, 6) is 2.54. The number of phenols is 1. The number of rotatable bonds is 2. The van der Waals surface area contributed by atoms with E-state index in [0.717, 1.165) is 24.8 Å². The van der Waals surface area contributed by atoms with Crippen LogP contribution >= 0.6 is 0 Å². The van der Waals surface area contributed by atoms with Gasteiger partial charge in [-0.2, -0.15) is 0 Å². The van der Waals surface area contributed by atoms with Crippen molar-refractivity contribution in [2.24, 2.45) is 28.6 Å². The zero-order valence-corrected chi connectivity index (χ0v) is 17.9. The van der Waals surface area contributed by atoms with Gasteiger partial charge in [0.25, 0.3) is 0 Å². The normalized spacial score (nSPS) is 33.0. The lowest BCUT2D eigenvalue weighted by Gasteiger charge is -2.58. The van der Waals surface area contributed by atoms with E-state index in [1.807, 2.05) is 32.9 Å². The summed E-state index contributed by atoms with van der Waals surface area (Å²) >= 11 is 0. The molecule has 146 valence electrons. The Bertz CT molecular complexity index is 625. The van der Waals surface area contributed by atoms with Gasteiger partial charge in [-0.3, -0.25) is 4.79 Å². The lowest BCUT2D eigenvalue weighted by molar-refractivity contribution is -0.150. The Kier molecular flexibility index (Phi) is 6.25. The molecule has 1 N–H and O–H groups in total. The molecule has 0 aromatic heterocycles. The molecule has 4 atom stereocenters. The maximum absolute atomic E-state index is 12.5. The molecule has 4 unspecified atom stereocenters. The van der Waals surface area contributed by atoms with Crippen LogP contribution < -0.4 is 0 Å². The summed E-state index contributed by atoms with van der Waals surface area (Å²) in [6.45, 7) is 15.2. The van der Waals surface area contributed by atoms with Gasteiger partial charge in [0.2, 0.25) is 0 Å². The number of fused-ring (bicyclic) bond motifs is 1. The summed E-state index contributed by atoms with van der Waals surface area (Å²) in [7, 11) is 0. The standard InChI is InChI=1S/C22H32O2.C2H6/c1-14-10-16(12-17(23)11-14)13-18-15(2)6-7-19-21(3,4)20(24)8-9-22(18,19)5;1-2/h10-12,15,18-19,23H,6-9,13H2,1-5H3;1-2H3. The minimum Gasteiger partial charge on any atom is -0.508 e. The van der Waals surface area contributed by atoms with E-state index in [1.54, 1.807) is 0 Å². The number of Topliss-reactive ketones (excluding diaryl/α,β-unsaturated/α-hetero) is 1. The van der Waals surface area contributed by atoms with Gasteiger partial charge >= 0.3 is 0 Å². The second-order valence-electron chi connectivity index (χ2n) is 9.25. The van der Waals surface area contributed by atoms with Crippen molar-refractivity contribution in [2.45, 2.75) is 80.6 Å². The van der Waals surface area contributed by atoms with Gasteiger partial charge in [-0.1, -0.05) is 54.0 Å². The second-order valence-corrected chi connectivity index (χ2v) is 9.25. The number of carbonyl (C=O) groups is 1. The van der Waals surface area contributed by atoms with Crippen LogP contribution in [0.2, 0.25) is 0 Å². The molecule has 2 nitrogen and oxygen atoms in total. The first-order valence-corrected chi connectivity index (χ1v) is 10.5. The third-order valence-corrected chi connectivity index (χ3v) is 7.30. The predicted octanol–water partition coefficient (Wildman–Crippen LogP) is 6.33. The average molecular weight is 359 g/mol. The van der Waals surface area contributed by atoms with Crippen molar-refractivity contribution >= 4 is 5.78 Å². The fraction of sp³-hybridized carbons (Fsp3) is 0.708. The quantitative estimate of drug-likeness (QED) is 0.671. The molecule has 3 rings (SSSR count). The largest absolute Gasteiger partial charge is 0.508 e. The fourth-order valence-electron chi connectivity index (χ4n) is 5.96. The Hall–Kier alpha value is -1.31. The molecule has 2 saturated carbocycles. The minimum absolute atomic E-state index is 0.194. The van der Waals surface area contributed by atoms with Crippen molar-refractivity contribution in [1.29, 1.82) is 0 Å². The first kappa shape index (κ1) is 21.0. The van der Waals surface area contributed by atoms with E-state index in [2.05, 4.69) is 33.8 Å². The van der Waals surface area contributed by atoms with Gasteiger partial charge in [0, 0.05) is 11.8 Å². The number of carbonyl (C=O) groups excluding carboxylic acids is 1. The smallest absolute Gasteiger partial charge is 0.138 e. The van der Waals surface area contributed by atoms with Crippen LogP contribution in [0.4, 0.5) is 0 Å². The van der Waals surface area contributed by atoms with Gasteiger partial charge in [0.05, 0.1) is 0 Å². The molecular weight excluding hydrogens is 320 g/mol. The number of ketones is 1. The highest BCUT2D eigenvalue weighted by atomic mass is 16.3. The molecule has 2 aliphatic carbocycles. The van der Waals surface area contributed by atoms with Crippen molar-refractivity contribution in [3.63, 3.8) is 0 Å². The summed E-state index contributed by atoms with van der Waals surface area (Å²) in [6, 6.07) is 5.95. The lowest BCUT2D eigenvalue weighted by atomic mass is 9.45. The van der Waals surface area contributed by atoms with Crippen molar-refractivity contribution in [2.75, 3.05) is 0 Å². The Morgan fingerprint density at radius 1 is 1.12 bits per heavy atom. The molecule has 0 bridgehead atoms. The third-order valence-electron chi connectivity index (χ3n) is 7.30. The number of aryl methyl sites for hydroxylation is 1. The van der Waals surface area contributed by atoms with Crippen LogP contribution in [0.1, 0.15) is 78.4 Å². The topological polar surface area (TPSA) is 37.3 Å². The van der Waals surface area contributed by atoms with E-state index < -0.39 is 0 Å². The minimum atomic E-state index is -0.194. The van der Waals surface area contributed by atoms with E-state index >= 15 is 0 Å². The monoisotopic (exact) mass is 358 g/mol. The number of hydrogen-bond acceptors (Lipinski definition) is 2. The first-order valence-electron chi connectivity index (χ1n) is 10.5. The van der Waals surface area contributed by atoms with Crippen molar-refractivity contribution in [1.82, 2.24) is 0 Å². The molecule has 0 heterocycles. The van der Waals surface area contributed by atoms with Crippen LogP contribution in [-0.4, -0.2) is 10.9 Å². The SMILES string of the molecule is CC.Cc1cc(O)cc(CC2C(C)CCC3C(C)(C)C(=O)CCC23C)c1. The highest BCUT2D eigenvalue weighted by Crippen LogP contribution is 2.60. The predicted molar refractivity (Wildman–Crippen MR) is 109 cm³/mol. The Morgan fingerprint density at radius 2 is 1.77 bits per heavy atom. The molecule has 0 amide bonds. The van der Waals surface area contributed by atoms with Gasteiger partial charge < -0.3 is 5.11 Å². The first-order chi connectivity index (χ1) is 12.1. The summed E-state index contributed by atoms with van der Waals surface area (Å²) in [5.41, 5.74) is 2.38. The summed E-state index contributed by atoms with van der Waals surface area (Å²) in [6.07, 6.45) is 5.13. The molecular formula is C24H38O2. The van der Waals surface area contributed by atoms with Crippen LogP contribution in [0, 0.1) is 35.5 Å². The molecule has 2 aliphatic rings. The summed E-state index contributed by atoms with van der Waals surface area (Å²) in [4.78, 5) is 12.5. The Morgan fingerprint density at radius 3 is 2.38 bits per heavy atom. The van der Waals surface area contributed by atoms with Crippen LogP contribution in [0.25, 0.3) is 0 Å². The van der Waals surface area contributed by atoms with E-state index in [-0.39, 0.29) is 10.8 Å². The molecule has 0 aliphatic heterocycles. The Balaban J connectivity index is 0.00000117. The molecule has 0 saturated heterocycles. The van der Waals surface area contributed by atoms with Crippen LogP contribution in [0.5, 0.6) is 5.75 Å². The van der Waals surface area contributed by atoms with Crippen LogP contribution in [0.3, 0.4) is 0 Å². The van der Waals surface area contributed by atoms with E-state index in [1.165, 1.54) is 18.4 Å². The molecule has 0 spiro atoms. The van der Waals surface area contributed by atoms with Gasteiger partial charge in [-0.15, -0.1) is 0 Å². The van der Waals surface area contributed by atoms with E-state index in [4.69, 9.17) is 0 Å². The van der Waals surface area contributed by atoms with Crippen LogP contribution in [0.15, 0.2) is 18.2 Å². The van der Waals surface area contributed by atoms with Gasteiger partial charge in [0.15, 0.2) is 0 Å². The molecule has 2 fully saturated rings. The number of benzene rings is 1. The summed E-state index contributed by atoms with van der Waals surface area (Å²) in [5, 5.41) is 9.96. The molecule has 26 heavy (non-hydrogen) atoms. The van der Waals surface area contributed by atoms with Gasteiger partial charge in [-0.25, -0.2) is 0 Å². The molecule has 2 heteroatoms. The van der Waals surface area contributed by atoms with Gasteiger partial charge in [0.1, 0.15) is 11.5 Å². The fourth-order valence-corrected chi connectivity index (χ4v) is 5.96. The number of phenolic OH excluding ortho intramolecular Hbond substituents is 1. The van der Waals surface area contributed by atoms with Crippen LogP contribution in [-0.2, 0) is 11.2 Å². The maximum Gasteiger partial charge on any atom is 0.138 e. The van der Waals surface area contributed by atoms with Gasteiger partial charge in [-0.05, 0) is 72.6 Å². The lowest BCUT2D eigenvalue weighted by Crippen LogP contribution is -2.55. The zero-order chi connectivity index (χ0) is 19.7. The second kappa shape index (κ2) is 7.74. The van der Waals surface area contributed by atoms with E-state index in [9.17, 15) is 9.90 Å². The maximum atomic E-state index is 12.5.